The Hall–Kier alpha value is -3.37. The highest BCUT2D eigenvalue weighted by Gasteiger charge is 2.55. The van der Waals surface area contributed by atoms with E-state index < -0.39 is 29.9 Å². The van der Waals surface area contributed by atoms with Crippen LogP contribution in [0.1, 0.15) is 23.1 Å². The zero-order valence-corrected chi connectivity index (χ0v) is 15.4. The molecule has 0 bridgehead atoms. The maximum atomic E-state index is 13.0. The third-order valence-electron chi connectivity index (χ3n) is 5.10. The Kier molecular flexibility index (Phi) is 4.28. The van der Waals surface area contributed by atoms with Crippen LogP contribution in [0, 0.1) is 11.3 Å². The molecule has 4 rings (SSSR count). The van der Waals surface area contributed by atoms with Crippen LogP contribution in [0.5, 0.6) is 0 Å². The van der Waals surface area contributed by atoms with Gasteiger partial charge in [-0.3, -0.25) is 14.5 Å². The summed E-state index contributed by atoms with van der Waals surface area (Å²) in [6, 6.07) is 13.3. The maximum Gasteiger partial charge on any atom is 0.325 e. The molecule has 2 aromatic rings. The Morgan fingerprint density at radius 3 is 2.82 bits per heavy atom. The molecule has 140 valence electrons. The van der Waals surface area contributed by atoms with E-state index in [1.54, 1.807) is 0 Å². The van der Waals surface area contributed by atoms with Crippen molar-refractivity contribution < 1.29 is 14.4 Å². The molecule has 1 atom stereocenters. The number of imide groups is 1. The van der Waals surface area contributed by atoms with Crippen LogP contribution >= 0.6 is 11.6 Å². The summed E-state index contributed by atoms with van der Waals surface area (Å²) in [5.41, 5.74) is 1.38. The molecule has 1 aliphatic heterocycles. The molecule has 2 N–H and O–H groups in total. The summed E-state index contributed by atoms with van der Waals surface area (Å²) in [5, 5.41) is 14.5. The van der Waals surface area contributed by atoms with E-state index in [4.69, 9.17) is 16.9 Å². The Bertz CT molecular complexity index is 1060. The van der Waals surface area contributed by atoms with Crippen molar-refractivity contribution in [2.24, 2.45) is 0 Å². The van der Waals surface area contributed by atoms with Crippen molar-refractivity contribution in [2.75, 3.05) is 11.9 Å². The molecule has 8 heteroatoms. The van der Waals surface area contributed by atoms with Crippen molar-refractivity contribution in [3.05, 3.63) is 64.2 Å². The first-order valence-electron chi connectivity index (χ1n) is 8.66. The smallest absolute Gasteiger partial charge is 0.324 e. The molecule has 1 spiro atoms. The summed E-state index contributed by atoms with van der Waals surface area (Å²) in [5.74, 6) is -0.955. The molecule has 1 fully saturated rings. The summed E-state index contributed by atoms with van der Waals surface area (Å²) in [4.78, 5) is 38.8. The second kappa shape index (κ2) is 6.66. The standard InChI is InChI=1S/C20H15ClN4O3/c21-16-9-14(6-5-13(16)10-22)23-17(26)11-25-18(27)20(24-19(25)28)8-7-12-3-1-2-4-15(12)20/h1-6,9H,7-8,11H2,(H,23,26)(H,24,28). The summed E-state index contributed by atoms with van der Waals surface area (Å²) < 4.78 is 0. The number of hydrogen-bond acceptors (Lipinski definition) is 4. The van der Waals surface area contributed by atoms with Crippen molar-refractivity contribution in [2.45, 2.75) is 18.4 Å². The van der Waals surface area contributed by atoms with Crippen LogP contribution in [0.15, 0.2) is 42.5 Å². The number of benzene rings is 2. The zero-order chi connectivity index (χ0) is 19.9. The van der Waals surface area contributed by atoms with Crippen molar-refractivity contribution in [3.8, 4) is 6.07 Å². The minimum Gasteiger partial charge on any atom is -0.324 e. The highest BCUT2D eigenvalue weighted by atomic mass is 35.5. The van der Waals surface area contributed by atoms with Crippen molar-refractivity contribution in [1.82, 2.24) is 10.2 Å². The molecule has 0 radical (unpaired) electrons. The van der Waals surface area contributed by atoms with Gasteiger partial charge in [-0.05, 0) is 42.2 Å². The van der Waals surface area contributed by atoms with Crippen molar-refractivity contribution >= 4 is 35.1 Å². The molecule has 4 amide bonds. The number of nitrogens with zero attached hydrogens (tertiary/aromatic N) is 2. The van der Waals surface area contributed by atoms with Gasteiger partial charge in [0.1, 0.15) is 18.2 Å². The SMILES string of the molecule is N#Cc1ccc(NC(=O)CN2C(=O)NC3(CCc4ccccc43)C2=O)cc1Cl. The number of amides is 4. The Morgan fingerprint density at radius 1 is 1.29 bits per heavy atom. The van der Waals surface area contributed by atoms with E-state index >= 15 is 0 Å². The molecule has 1 unspecified atom stereocenters. The van der Waals surface area contributed by atoms with Gasteiger partial charge in [0, 0.05) is 5.69 Å². The van der Waals surface area contributed by atoms with E-state index in [1.807, 2.05) is 30.3 Å². The zero-order valence-electron chi connectivity index (χ0n) is 14.7. The number of urea groups is 1. The average molecular weight is 395 g/mol. The number of hydrogen-bond donors (Lipinski definition) is 2. The molecule has 28 heavy (non-hydrogen) atoms. The van der Waals surface area contributed by atoms with E-state index in [9.17, 15) is 14.4 Å². The molecule has 1 saturated heterocycles. The molecule has 2 aliphatic rings. The largest absolute Gasteiger partial charge is 0.325 e. The van der Waals surface area contributed by atoms with E-state index in [0.717, 1.165) is 16.0 Å². The van der Waals surface area contributed by atoms with Gasteiger partial charge in [0.25, 0.3) is 5.91 Å². The fraction of sp³-hybridized carbons (Fsp3) is 0.200. The van der Waals surface area contributed by atoms with Gasteiger partial charge in [0.15, 0.2) is 0 Å². The lowest BCUT2D eigenvalue weighted by molar-refractivity contribution is -0.134. The van der Waals surface area contributed by atoms with Crippen LogP contribution in [-0.4, -0.2) is 29.3 Å². The van der Waals surface area contributed by atoms with Gasteiger partial charge < -0.3 is 10.6 Å². The number of anilines is 1. The minimum absolute atomic E-state index is 0.205. The van der Waals surface area contributed by atoms with Crippen LogP contribution in [0.25, 0.3) is 0 Å². The number of nitriles is 1. The molecular formula is C20H15ClN4O3. The summed E-state index contributed by atoms with van der Waals surface area (Å²) in [6.07, 6.45) is 1.16. The first kappa shape index (κ1) is 18.0. The Balaban J connectivity index is 1.51. The molecule has 7 nitrogen and oxygen atoms in total. The number of aryl methyl sites for hydroxylation is 1. The minimum atomic E-state index is -1.09. The maximum absolute atomic E-state index is 13.0. The number of halogens is 1. The van der Waals surface area contributed by atoms with Gasteiger partial charge >= 0.3 is 6.03 Å². The van der Waals surface area contributed by atoms with Crippen molar-refractivity contribution in [3.63, 3.8) is 0 Å². The second-order valence-electron chi connectivity index (χ2n) is 6.74. The van der Waals surface area contributed by atoms with Crippen molar-refractivity contribution in [1.29, 1.82) is 5.26 Å². The fourth-order valence-electron chi connectivity index (χ4n) is 3.76. The Labute approximate surface area is 165 Å². The number of carbonyl (C=O) groups is 3. The third kappa shape index (κ3) is 2.79. The molecule has 0 aromatic heterocycles. The van der Waals surface area contributed by atoms with E-state index in [1.165, 1.54) is 18.2 Å². The Morgan fingerprint density at radius 2 is 2.07 bits per heavy atom. The van der Waals surface area contributed by atoms with Gasteiger partial charge in [-0.1, -0.05) is 35.9 Å². The number of rotatable bonds is 3. The second-order valence-corrected chi connectivity index (χ2v) is 7.15. The number of nitrogens with one attached hydrogen (secondary N) is 2. The lowest BCUT2D eigenvalue weighted by Crippen LogP contribution is -2.43. The lowest BCUT2D eigenvalue weighted by Gasteiger charge is -2.22. The quantitative estimate of drug-likeness (QED) is 0.781. The van der Waals surface area contributed by atoms with Gasteiger partial charge in [-0.2, -0.15) is 5.26 Å². The predicted octanol–water partition coefficient (Wildman–Crippen LogP) is 2.54. The molecule has 2 aromatic carbocycles. The van der Waals surface area contributed by atoms with E-state index in [0.29, 0.717) is 18.5 Å². The van der Waals surface area contributed by atoms with Crippen LogP contribution in [0.4, 0.5) is 10.5 Å². The van der Waals surface area contributed by atoms with Gasteiger partial charge in [0.2, 0.25) is 5.91 Å². The van der Waals surface area contributed by atoms with Gasteiger partial charge in [-0.15, -0.1) is 0 Å². The van der Waals surface area contributed by atoms with Crippen LogP contribution < -0.4 is 10.6 Å². The fourth-order valence-corrected chi connectivity index (χ4v) is 3.98. The number of fused-ring (bicyclic) bond motifs is 2. The summed E-state index contributed by atoms with van der Waals surface area (Å²) in [6.45, 7) is -0.411. The van der Waals surface area contributed by atoms with Gasteiger partial charge in [-0.25, -0.2) is 4.79 Å². The first-order chi connectivity index (χ1) is 13.4. The molecule has 0 saturated carbocycles. The molecular weight excluding hydrogens is 380 g/mol. The predicted molar refractivity (Wildman–Crippen MR) is 101 cm³/mol. The number of carbonyl (C=O) groups excluding carboxylic acids is 3. The highest BCUT2D eigenvalue weighted by molar-refractivity contribution is 6.32. The van der Waals surface area contributed by atoms with E-state index in [2.05, 4.69) is 10.6 Å². The third-order valence-corrected chi connectivity index (χ3v) is 5.41. The topological polar surface area (TPSA) is 102 Å². The summed E-state index contributed by atoms with van der Waals surface area (Å²) >= 11 is 5.96. The average Bonchev–Trinajstić information content (AvgIpc) is 3.16. The van der Waals surface area contributed by atoms with E-state index in [-0.39, 0.29) is 10.6 Å². The van der Waals surface area contributed by atoms with Gasteiger partial charge in [0.05, 0.1) is 10.6 Å². The first-order valence-corrected chi connectivity index (χ1v) is 9.04. The normalized spacial score (nSPS) is 20.1. The lowest BCUT2D eigenvalue weighted by atomic mass is 9.92. The van der Waals surface area contributed by atoms with Crippen LogP contribution in [0.2, 0.25) is 5.02 Å². The molecule has 1 heterocycles. The molecule has 1 aliphatic carbocycles. The highest BCUT2D eigenvalue weighted by Crippen LogP contribution is 2.41. The monoisotopic (exact) mass is 394 g/mol. The summed E-state index contributed by atoms with van der Waals surface area (Å²) in [7, 11) is 0. The van der Waals surface area contributed by atoms with Crippen LogP contribution in [-0.2, 0) is 21.5 Å². The van der Waals surface area contributed by atoms with Crippen LogP contribution in [0.3, 0.4) is 0 Å².